The number of aliphatic carboxylic acids is 2. The van der Waals surface area contributed by atoms with E-state index in [-0.39, 0.29) is 5.57 Å². The van der Waals surface area contributed by atoms with Crippen molar-refractivity contribution in [2.24, 2.45) is 0 Å². The molecule has 3 N–H and O–H groups in total. The normalized spacial score (nSPS) is 12.3. The van der Waals surface area contributed by atoms with Gasteiger partial charge in [-0.1, -0.05) is 23.7 Å². The summed E-state index contributed by atoms with van der Waals surface area (Å²) in [5, 5.41) is 26.8. The molecule has 18 heavy (non-hydrogen) atoms. The number of rotatable bonds is 4. The first-order valence-corrected chi connectivity index (χ1v) is 5.12. The molecule has 0 aliphatic heterocycles. The monoisotopic (exact) mass is 268 g/mol. The zero-order valence-corrected chi connectivity index (χ0v) is 9.76. The Balaban J connectivity index is 3.23. The minimum Gasteiger partial charge on any atom is -0.502 e. The summed E-state index contributed by atoms with van der Waals surface area (Å²) >= 11 is 5.68. The van der Waals surface area contributed by atoms with Crippen molar-refractivity contribution in [1.82, 2.24) is 0 Å². The molecule has 0 aliphatic carbocycles. The Morgan fingerprint density at radius 1 is 1.00 bits per heavy atom. The second-order valence-corrected chi connectivity index (χ2v) is 3.72. The molecule has 1 rings (SSSR count). The predicted octanol–water partition coefficient (Wildman–Crippen LogP) is 2.33. The molecular weight excluding hydrogens is 260 g/mol. The van der Waals surface area contributed by atoms with Crippen molar-refractivity contribution in [1.29, 1.82) is 0 Å². The molecular formula is C12H9ClO5. The fourth-order valence-electron chi connectivity index (χ4n) is 1.19. The average Bonchev–Trinajstić information content (AvgIpc) is 2.28. The van der Waals surface area contributed by atoms with E-state index in [0.717, 1.165) is 12.2 Å². The zero-order valence-electron chi connectivity index (χ0n) is 9.00. The van der Waals surface area contributed by atoms with Crippen molar-refractivity contribution in [2.45, 2.75) is 0 Å². The number of carboxylic acid groups (broad SMARTS) is 2. The highest BCUT2D eigenvalue weighted by Crippen LogP contribution is 2.19. The van der Waals surface area contributed by atoms with Gasteiger partial charge in [-0.05, 0) is 29.3 Å². The molecule has 0 saturated carbocycles. The summed E-state index contributed by atoms with van der Waals surface area (Å²) in [6, 6.07) is 6.09. The number of allylic oxidation sites excluding steroid dienone is 2. The van der Waals surface area contributed by atoms with E-state index in [4.69, 9.17) is 26.9 Å². The maximum Gasteiger partial charge on any atom is 0.370 e. The van der Waals surface area contributed by atoms with Crippen molar-refractivity contribution < 1.29 is 24.9 Å². The van der Waals surface area contributed by atoms with Crippen LogP contribution in [0.25, 0.3) is 5.57 Å². The number of carboxylic acids is 2. The minimum atomic E-state index is -1.54. The van der Waals surface area contributed by atoms with Gasteiger partial charge in [-0.3, -0.25) is 0 Å². The highest BCUT2D eigenvalue weighted by atomic mass is 35.5. The van der Waals surface area contributed by atoms with Crippen LogP contribution in [0.5, 0.6) is 0 Å². The van der Waals surface area contributed by atoms with Crippen LogP contribution in [0.2, 0.25) is 5.02 Å². The number of hydrogen-bond acceptors (Lipinski definition) is 3. The quantitative estimate of drug-likeness (QED) is 0.442. The van der Waals surface area contributed by atoms with E-state index in [1.54, 1.807) is 0 Å². The van der Waals surface area contributed by atoms with E-state index in [1.165, 1.54) is 24.3 Å². The molecule has 1 aromatic carbocycles. The highest BCUT2D eigenvalue weighted by molar-refractivity contribution is 6.30. The Morgan fingerprint density at radius 3 is 2.00 bits per heavy atom. The van der Waals surface area contributed by atoms with Gasteiger partial charge < -0.3 is 15.3 Å². The summed E-state index contributed by atoms with van der Waals surface area (Å²) in [6.07, 6.45) is 1.65. The van der Waals surface area contributed by atoms with Crippen LogP contribution in [0, 0.1) is 0 Å². The van der Waals surface area contributed by atoms with E-state index in [0.29, 0.717) is 10.6 Å². The van der Waals surface area contributed by atoms with Crippen molar-refractivity contribution in [3.8, 4) is 0 Å². The Bertz CT molecular complexity index is 528. The third-order valence-electron chi connectivity index (χ3n) is 1.97. The lowest BCUT2D eigenvalue weighted by atomic mass is 10.0. The molecule has 0 radical (unpaired) electrons. The average molecular weight is 269 g/mol. The van der Waals surface area contributed by atoms with Crippen LogP contribution in [-0.2, 0) is 9.59 Å². The predicted molar refractivity (Wildman–Crippen MR) is 65.4 cm³/mol. The van der Waals surface area contributed by atoms with Gasteiger partial charge in [0.1, 0.15) is 0 Å². The summed E-state index contributed by atoms with van der Waals surface area (Å²) in [5.74, 6) is -3.74. The van der Waals surface area contributed by atoms with Crippen molar-refractivity contribution in [3.63, 3.8) is 0 Å². The standard InChI is InChI=1S/C12H9ClO5/c13-9-3-1-7(2-4-9)8(6-11(15)16)5-10(14)12(17)18/h1-6,14H,(H,15,16)(H,17,18). The van der Waals surface area contributed by atoms with Gasteiger partial charge >= 0.3 is 11.9 Å². The second-order valence-electron chi connectivity index (χ2n) is 3.28. The summed E-state index contributed by atoms with van der Waals surface area (Å²) in [5.41, 5.74) is 0.480. The van der Waals surface area contributed by atoms with Crippen molar-refractivity contribution >= 4 is 29.1 Å². The van der Waals surface area contributed by atoms with Gasteiger partial charge in [-0.15, -0.1) is 0 Å². The smallest absolute Gasteiger partial charge is 0.370 e. The molecule has 6 heteroatoms. The molecule has 5 nitrogen and oxygen atoms in total. The third-order valence-corrected chi connectivity index (χ3v) is 2.22. The molecule has 0 unspecified atom stereocenters. The van der Waals surface area contributed by atoms with Crippen molar-refractivity contribution in [3.05, 3.63) is 52.8 Å². The SMILES string of the molecule is O=C(O)C=C(C=C(O)C(=O)O)c1ccc(Cl)cc1. The van der Waals surface area contributed by atoms with Crippen molar-refractivity contribution in [2.75, 3.05) is 0 Å². The number of aliphatic hydroxyl groups is 1. The third kappa shape index (κ3) is 3.95. The summed E-state index contributed by atoms with van der Waals surface area (Å²) in [7, 11) is 0. The molecule has 0 bridgehead atoms. The summed E-state index contributed by atoms with van der Waals surface area (Å²) in [6.45, 7) is 0. The summed E-state index contributed by atoms with van der Waals surface area (Å²) in [4.78, 5) is 21.1. The van der Waals surface area contributed by atoms with Gasteiger partial charge in [0.05, 0.1) is 0 Å². The summed E-state index contributed by atoms with van der Waals surface area (Å²) < 4.78 is 0. The van der Waals surface area contributed by atoms with Crippen LogP contribution >= 0.6 is 11.6 Å². The minimum absolute atomic E-state index is 0.0547. The first-order valence-electron chi connectivity index (χ1n) is 4.74. The molecule has 1 aromatic rings. The Labute approximate surface area is 107 Å². The van der Waals surface area contributed by atoms with Crippen LogP contribution in [0.4, 0.5) is 0 Å². The van der Waals surface area contributed by atoms with Crippen LogP contribution < -0.4 is 0 Å². The van der Waals surface area contributed by atoms with Crippen LogP contribution in [0.15, 0.2) is 42.2 Å². The molecule has 0 saturated heterocycles. The Hall–Kier alpha value is -2.27. The molecule has 0 aromatic heterocycles. The number of carbonyl (C=O) groups is 2. The van der Waals surface area contributed by atoms with Gasteiger partial charge in [-0.25, -0.2) is 9.59 Å². The fraction of sp³-hybridized carbons (Fsp3) is 0. The first-order chi connectivity index (χ1) is 8.40. The first kappa shape index (κ1) is 13.8. The van der Waals surface area contributed by atoms with Crippen LogP contribution in [-0.4, -0.2) is 27.3 Å². The van der Waals surface area contributed by atoms with E-state index in [2.05, 4.69) is 0 Å². The maximum absolute atomic E-state index is 10.6. The Kier molecular flexibility index (Phi) is 4.51. The molecule has 0 amide bonds. The van der Waals surface area contributed by atoms with E-state index < -0.39 is 17.7 Å². The molecule has 0 aliphatic rings. The lowest BCUT2D eigenvalue weighted by Gasteiger charge is -2.02. The molecule has 0 fully saturated rings. The zero-order chi connectivity index (χ0) is 13.7. The fourth-order valence-corrected chi connectivity index (χ4v) is 1.32. The number of aliphatic hydroxyl groups excluding tert-OH is 1. The van der Waals surface area contributed by atoms with Crippen LogP contribution in [0.3, 0.4) is 0 Å². The van der Waals surface area contributed by atoms with Gasteiger partial charge in [0, 0.05) is 11.1 Å². The molecule has 0 heterocycles. The van der Waals surface area contributed by atoms with Gasteiger partial charge in [0.25, 0.3) is 0 Å². The van der Waals surface area contributed by atoms with Gasteiger partial charge in [0.2, 0.25) is 5.76 Å². The van der Waals surface area contributed by atoms with Crippen LogP contribution in [0.1, 0.15) is 5.56 Å². The molecule has 0 atom stereocenters. The molecule has 94 valence electrons. The highest BCUT2D eigenvalue weighted by Gasteiger charge is 2.08. The second kappa shape index (κ2) is 5.88. The van der Waals surface area contributed by atoms with Gasteiger partial charge in [0.15, 0.2) is 0 Å². The van der Waals surface area contributed by atoms with E-state index >= 15 is 0 Å². The largest absolute Gasteiger partial charge is 0.502 e. The number of benzene rings is 1. The maximum atomic E-state index is 10.6. The topological polar surface area (TPSA) is 94.8 Å². The van der Waals surface area contributed by atoms with Gasteiger partial charge in [-0.2, -0.15) is 0 Å². The number of hydrogen-bond donors (Lipinski definition) is 3. The lowest BCUT2D eigenvalue weighted by molar-refractivity contribution is -0.135. The Morgan fingerprint density at radius 2 is 1.56 bits per heavy atom. The lowest BCUT2D eigenvalue weighted by Crippen LogP contribution is -2.00. The van der Waals surface area contributed by atoms with E-state index in [9.17, 15) is 9.59 Å². The molecule has 0 spiro atoms. The number of halogens is 1. The van der Waals surface area contributed by atoms with E-state index in [1.807, 2.05) is 0 Å².